The van der Waals surface area contributed by atoms with Crippen molar-refractivity contribution in [3.05, 3.63) is 0 Å². The molecule has 6 heteroatoms. The standard InChI is InChI=1S/C14H24N2O4/c17-13(18)11-3-1-4-12(11)16-14(19)15-7-2-8-20-9-10-5-6-10/h10-12H,1-9H2,(H,17,18)(H2,15,16,19). The highest BCUT2D eigenvalue weighted by atomic mass is 16.5. The van der Waals surface area contributed by atoms with Gasteiger partial charge >= 0.3 is 12.0 Å². The maximum Gasteiger partial charge on any atom is 0.315 e. The first kappa shape index (κ1) is 15.1. The lowest BCUT2D eigenvalue weighted by Crippen LogP contribution is -2.45. The molecule has 0 aromatic carbocycles. The average Bonchev–Trinajstić information content (AvgIpc) is 3.11. The third-order valence-electron chi connectivity index (χ3n) is 3.95. The van der Waals surface area contributed by atoms with E-state index >= 15 is 0 Å². The SMILES string of the molecule is O=C(NCCCOCC1CC1)NC1CCCC1C(=O)O. The number of rotatable bonds is 8. The number of carboxylic acid groups (broad SMARTS) is 1. The summed E-state index contributed by atoms with van der Waals surface area (Å²) in [7, 11) is 0. The lowest BCUT2D eigenvalue weighted by Gasteiger charge is -2.17. The lowest BCUT2D eigenvalue weighted by molar-refractivity contribution is -0.142. The number of urea groups is 1. The summed E-state index contributed by atoms with van der Waals surface area (Å²) >= 11 is 0. The van der Waals surface area contributed by atoms with E-state index in [2.05, 4.69) is 10.6 Å². The van der Waals surface area contributed by atoms with Crippen LogP contribution in [0.3, 0.4) is 0 Å². The van der Waals surface area contributed by atoms with Crippen LogP contribution in [0.5, 0.6) is 0 Å². The molecule has 2 atom stereocenters. The summed E-state index contributed by atoms with van der Waals surface area (Å²) in [6, 6.07) is -0.510. The fraction of sp³-hybridized carbons (Fsp3) is 0.857. The molecule has 2 unspecified atom stereocenters. The molecule has 0 aromatic heterocycles. The molecule has 20 heavy (non-hydrogen) atoms. The Labute approximate surface area is 119 Å². The van der Waals surface area contributed by atoms with Gasteiger partial charge in [0.1, 0.15) is 0 Å². The van der Waals surface area contributed by atoms with Gasteiger partial charge in [-0.3, -0.25) is 4.79 Å². The largest absolute Gasteiger partial charge is 0.481 e. The van der Waals surface area contributed by atoms with E-state index in [1.807, 2.05) is 0 Å². The predicted octanol–water partition coefficient (Wildman–Crippen LogP) is 1.36. The van der Waals surface area contributed by atoms with Gasteiger partial charge in [-0.05, 0) is 38.0 Å². The number of carbonyl (C=O) groups excluding carboxylic acids is 1. The van der Waals surface area contributed by atoms with Crippen molar-refractivity contribution in [1.29, 1.82) is 0 Å². The Bertz CT molecular complexity index is 344. The molecule has 114 valence electrons. The van der Waals surface area contributed by atoms with Gasteiger partial charge < -0.3 is 20.5 Å². The third-order valence-corrected chi connectivity index (χ3v) is 3.95. The molecule has 0 saturated heterocycles. The minimum Gasteiger partial charge on any atom is -0.481 e. The molecule has 2 saturated carbocycles. The summed E-state index contributed by atoms with van der Waals surface area (Å²) in [5, 5.41) is 14.5. The molecule has 2 aliphatic rings. The molecule has 6 nitrogen and oxygen atoms in total. The van der Waals surface area contributed by atoms with E-state index in [1.165, 1.54) is 12.8 Å². The number of amides is 2. The summed E-state index contributed by atoms with van der Waals surface area (Å²) in [4.78, 5) is 22.7. The van der Waals surface area contributed by atoms with Crippen LogP contribution in [0, 0.1) is 11.8 Å². The van der Waals surface area contributed by atoms with Crippen LogP contribution in [0.15, 0.2) is 0 Å². The minimum absolute atomic E-state index is 0.237. The molecule has 0 heterocycles. The Balaban J connectivity index is 1.51. The Morgan fingerprint density at radius 3 is 2.70 bits per heavy atom. The van der Waals surface area contributed by atoms with Crippen LogP contribution in [0.4, 0.5) is 4.79 Å². The van der Waals surface area contributed by atoms with Crippen molar-refractivity contribution in [2.45, 2.75) is 44.6 Å². The number of carboxylic acids is 1. The van der Waals surface area contributed by atoms with E-state index in [0.717, 1.165) is 31.8 Å². The molecule has 0 bridgehead atoms. The second-order valence-corrected chi connectivity index (χ2v) is 5.75. The summed E-state index contributed by atoms with van der Waals surface area (Å²) in [6.07, 6.45) is 5.60. The van der Waals surface area contributed by atoms with Crippen molar-refractivity contribution in [3.63, 3.8) is 0 Å². The fourth-order valence-electron chi connectivity index (χ4n) is 2.56. The van der Waals surface area contributed by atoms with E-state index in [0.29, 0.717) is 19.6 Å². The monoisotopic (exact) mass is 284 g/mol. The van der Waals surface area contributed by atoms with E-state index < -0.39 is 11.9 Å². The predicted molar refractivity (Wildman–Crippen MR) is 73.5 cm³/mol. The number of hydrogen-bond donors (Lipinski definition) is 3. The zero-order chi connectivity index (χ0) is 14.4. The second kappa shape index (κ2) is 7.47. The van der Waals surface area contributed by atoms with Crippen molar-refractivity contribution < 1.29 is 19.4 Å². The van der Waals surface area contributed by atoms with Crippen LogP contribution in [-0.2, 0) is 9.53 Å². The van der Waals surface area contributed by atoms with Crippen LogP contribution in [0.2, 0.25) is 0 Å². The minimum atomic E-state index is -0.818. The number of aliphatic carboxylic acids is 1. The van der Waals surface area contributed by atoms with Gasteiger partial charge in [0.05, 0.1) is 5.92 Å². The van der Waals surface area contributed by atoms with Gasteiger partial charge in [-0.25, -0.2) is 4.79 Å². The van der Waals surface area contributed by atoms with E-state index in [1.54, 1.807) is 0 Å². The number of hydrogen-bond acceptors (Lipinski definition) is 3. The highest BCUT2D eigenvalue weighted by Crippen LogP contribution is 2.28. The molecule has 2 fully saturated rings. The lowest BCUT2D eigenvalue weighted by atomic mass is 10.0. The van der Waals surface area contributed by atoms with Crippen molar-refractivity contribution >= 4 is 12.0 Å². The maximum atomic E-state index is 11.7. The van der Waals surface area contributed by atoms with Crippen LogP contribution in [0.25, 0.3) is 0 Å². The number of nitrogens with one attached hydrogen (secondary N) is 2. The van der Waals surface area contributed by atoms with Gasteiger partial charge in [-0.2, -0.15) is 0 Å². The second-order valence-electron chi connectivity index (χ2n) is 5.75. The molecular formula is C14H24N2O4. The molecule has 2 amide bonds. The van der Waals surface area contributed by atoms with Gasteiger partial charge in [0.2, 0.25) is 0 Å². The molecule has 0 spiro atoms. The van der Waals surface area contributed by atoms with Crippen molar-refractivity contribution in [1.82, 2.24) is 10.6 Å². The average molecular weight is 284 g/mol. The quantitative estimate of drug-likeness (QED) is 0.587. The van der Waals surface area contributed by atoms with E-state index in [9.17, 15) is 9.59 Å². The summed E-state index contributed by atoms with van der Waals surface area (Å²) in [5.74, 6) is -0.495. The van der Waals surface area contributed by atoms with Crippen LogP contribution < -0.4 is 10.6 Å². The third kappa shape index (κ3) is 5.00. The molecule has 2 rings (SSSR count). The zero-order valence-corrected chi connectivity index (χ0v) is 11.8. The zero-order valence-electron chi connectivity index (χ0n) is 11.8. The first-order chi connectivity index (χ1) is 9.66. The first-order valence-corrected chi connectivity index (χ1v) is 7.51. The first-order valence-electron chi connectivity index (χ1n) is 7.51. The maximum absolute atomic E-state index is 11.7. The fourth-order valence-corrected chi connectivity index (χ4v) is 2.56. The van der Waals surface area contributed by atoms with Gasteiger partial charge in [-0.1, -0.05) is 6.42 Å². The number of carbonyl (C=O) groups is 2. The van der Waals surface area contributed by atoms with Crippen molar-refractivity contribution in [2.75, 3.05) is 19.8 Å². The van der Waals surface area contributed by atoms with Gasteiger partial charge in [0, 0.05) is 25.8 Å². The van der Waals surface area contributed by atoms with Crippen molar-refractivity contribution in [3.8, 4) is 0 Å². The highest BCUT2D eigenvalue weighted by Gasteiger charge is 2.33. The molecule has 0 aromatic rings. The molecule has 2 aliphatic carbocycles. The summed E-state index contributed by atoms with van der Waals surface area (Å²) in [5.41, 5.74) is 0. The molecular weight excluding hydrogens is 260 g/mol. The summed E-state index contributed by atoms with van der Waals surface area (Å²) in [6.45, 7) is 2.06. The number of ether oxygens (including phenoxy) is 1. The highest BCUT2D eigenvalue weighted by molar-refractivity contribution is 5.76. The molecule has 0 radical (unpaired) electrons. The Kier molecular flexibility index (Phi) is 5.64. The Morgan fingerprint density at radius 2 is 2.00 bits per heavy atom. The van der Waals surface area contributed by atoms with Crippen LogP contribution in [0.1, 0.15) is 38.5 Å². The normalized spacial score (nSPS) is 25.4. The van der Waals surface area contributed by atoms with Gasteiger partial charge in [0.15, 0.2) is 0 Å². The Hall–Kier alpha value is -1.30. The summed E-state index contributed by atoms with van der Waals surface area (Å²) < 4.78 is 5.47. The smallest absolute Gasteiger partial charge is 0.315 e. The molecule has 0 aliphatic heterocycles. The van der Waals surface area contributed by atoms with Gasteiger partial charge in [-0.15, -0.1) is 0 Å². The van der Waals surface area contributed by atoms with E-state index in [-0.39, 0.29) is 12.1 Å². The Morgan fingerprint density at radius 1 is 1.20 bits per heavy atom. The van der Waals surface area contributed by atoms with E-state index in [4.69, 9.17) is 9.84 Å². The van der Waals surface area contributed by atoms with Crippen LogP contribution >= 0.6 is 0 Å². The topological polar surface area (TPSA) is 87.7 Å². The van der Waals surface area contributed by atoms with Crippen LogP contribution in [-0.4, -0.2) is 42.9 Å². The van der Waals surface area contributed by atoms with Crippen molar-refractivity contribution in [2.24, 2.45) is 11.8 Å². The van der Waals surface area contributed by atoms with Gasteiger partial charge in [0.25, 0.3) is 0 Å². The molecule has 3 N–H and O–H groups in total.